The van der Waals surface area contributed by atoms with E-state index in [9.17, 15) is 9.59 Å². The Balaban J connectivity index is 2.23. The molecule has 0 heterocycles. The lowest BCUT2D eigenvalue weighted by Crippen LogP contribution is -2.36. The third-order valence-electron chi connectivity index (χ3n) is 2.88. The first kappa shape index (κ1) is 7.71. The van der Waals surface area contributed by atoms with Crippen LogP contribution in [0.1, 0.15) is 25.7 Å². The second-order valence-electron chi connectivity index (χ2n) is 3.59. The zero-order valence-corrected chi connectivity index (χ0v) is 6.95. The van der Waals surface area contributed by atoms with Crippen LogP contribution >= 0.6 is 0 Å². The van der Waals surface area contributed by atoms with Crippen LogP contribution in [0.4, 0.5) is 0 Å². The normalized spacial score (nSPS) is 35.0. The van der Waals surface area contributed by atoms with Gasteiger partial charge in [-0.1, -0.05) is 12.2 Å². The fourth-order valence-electron chi connectivity index (χ4n) is 2.14. The lowest BCUT2D eigenvalue weighted by molar-refractivity contribution is -0.137. The van der Waals surface area contributed by atoms with Gasteiger partial charge >= 0.3 is 0 Å². The van der Waals surface area contributed by atoms with Crippen molar-refractivity contribution >= 4 is 11.6 Å². The fourth-order valence-corrected chi connectivity index (χ4v) is 2.14. The summed E-state index contributed by atoms with van der Waals surface area (Å²) in [5.74, 6) is 0.639. The second-order valence-corrected chi connectivity index (χ2v) is 3.59. The predicted octanol–water partition coefficient (Wildman–Crippen LogP) is 1.50. The van der Waals surface area contributed by atoms with Crippen LogP contribution in [-0.2, 0) is 9.59 Å². The van der Waals surface area contributed by atoms with Crippen LogP contribution in [-0.4, -0.2) is 11.6 Å². The number of fused-ring (bicyclic) bond motifs is 1. The smallest absolute Gasteiger partial charge is 0.137 e. The minimum absolute atomic E-state index is 0.0243. The standard InChI is InChI=1S/C10H12O2/c11-9-5-6-10(12)8-4-2-1-3-7(8)9/h1-2,7-8H,3-6H2/t7-,8-/m1/s1. The number of carbonyl (C=O) groups is 2. The van der Waals surface area contributed by atoms with Crippen molar-refractivity contribution < 1.29 is 9.59 Å². The Morgan fingerprint density at radius 1 is 0.917 bits per heavy atom. The minimum atomic E-state index is 0.0243. The molecular formula is C10H12O2. The Morgan fingerprint density at radius 2 is 1.33 bits per heavy atom. The van der Waals surface area contributed by atoms with Gasteiger partial charge in [0.25, 0.3) is 0 Å². The van der Waals surface area contributed by atoms with Gasteiger partial charge in [0.15, 0.2) is 0 Å². The Kier molecular flexibility index (Phi) is 1.83. The summed E-state index contributed by atoms with van der Waals surface area (Å²) in [6, 6.07) is 0. The molecular weight excluding hydrogens is 152 g/mol. The molecule has 2 aliphatic rings. The first-order valence-corrected chi connectivity index (χ1v) is 4.49. The summed E-state index contributed by atoms with van der Waals surface area (Å²) in [6.45, 7) is 0. The predicted molar refractivity (Wildman–Crippen MR) is 44.6 cm³/mol. The number of Topliss-reactive ketones (excluding diaryl/α,β-unsaturated/α-hetero) is 2. The van der Waals surface area contributed by atoms with E-state index in [0.717, 1.165) is 12.8 Å². The van der Waals surface area contributed by atoms with Crippen molar-refractivity contribution in [2.75, 3.05) is 0 Å². The highest BCUT2D eigenvalue weighted by molar-refractivity contribution is 5.96. The molecule has 0 aromatic carbocycles. The summed E-state index contributed by atoms with van der Waals surface area (Å²) in [5, 5.41) is 0. The number of rotatable bonds is 0. The Bertz CT molecular complexity index is 227. The molecule has 2 atom stereocenters. The monoisotopic (exact) mass is 164 g/mol. The van der Waals surface area contributed by atoms with Gasteiger partial charge in [-0.15, -0.1) is 0 Å². The van der Waals surface area contributed by atoms with Crippen LogP contribution in [0.2, 0.25) is 0 Å². The Morgan fingerprint density at radius 3 is 1.75 bits per heavy atom. The average molecular weight is 164 g/mol. The molecule has 0 radical (unpaired) electrons. The van der Waals surface area contributed by atoms with Crippen molar-refractivity contribution in [3.05, 3.63) is 12.2 Å². The van der Waals surface area contributed by atoms with E-state index in [4.69, 9.17) is 0 Å². The van der Waals surface area contributed by atoms with Gasteiger partial charge in [-0.2, -0.15) is 0 Å². The molecule has 0 saturated heterocycles. The van der Waals surface area contributed by atoms with Crippen LogP contribution in [0.5, 0.6) is 0 Å². The van der Waals surface area contributed by atoms with Crippen molar-refractivity contribution in [3.63, 3.8) is 0 Å². The molecule has 1 fully saturated rings. The maximum Gasteiger partial charge on any atom is 0.137 e. The molecule has 0 bridgehead atoms. The molecule has 0 amide bonds. The number of ketones is 2. The van der Waals surface area contributed by atoms with Crippen LogP contribution in [0.15, 0.2) is 12.2 Å². The van der Waals surface area contributed by atoms with Crippen LogP contribution in [0, 0.1) is 11.8 Å². The van der Waals surface area contributed by atoms with Crippen molar-refractivity contribution in [3.8, 4) is 0 Å². The highest BCUT2D eigenvalue weighted by Gasteiger charge is 2.37. The van der Waals surface area contributed by atoms with Gasteiger partial charge in [0.05, 0.1) is 0 Å². The molecule has 1 saturated carbocycles. The van der Waals surface area contributed by atoms with Gasteiger partial charge < -0.3 is 0 Å². The molecule has 0 N–H and O–H groups in total. The topological polar surface area (TPSA) is 34.1 Å². The summed E-state index contributed by atoms with van der Waals surface area (Å²) in [7, 11) is 0. The molecule has 0 aromatic rings. The summed E-state index contributed by atoms with van der Waals surface area (Å²) in [4.78, 5) is 22.8. The zero-order chi connectivity index (χ0) is 8.55. The van der Waals surface area contributed by atoms with E-state index >= 15 is 0 Å². The van der Waals surface area contributed by atoms with E-state index in [-0.39, 0.29) is 11.8 Å². The SMILES string of the molecule is O=C1CCC(=O)[C@@H]2CC=CC[C@@H]12. The summed E-state index contributed by atoms with van der Waals surface area (Å²) >= 11 is 0. The molecule has 12 heavy (non-hydrogen) atoms. The minimum Gasteiger partial charge on any atom is -0.299 e. The Hall–Kier alpha value is -0.920. The first-order valence-electron chi connectivity index (χ1n) is 4.49. The molecule has 0 aliphatic heterocycles. The summed E-state index contributed by atoms with van der Waals surface area (Å²) < 4.78 is 0. The molecule has 0 aromatic heterocycles. The molecule has 2 rings (SSSR count). The largest absolute Gasteiger partial charge is 0.299 e. The lowest BCUT2D eigenvalue weighted by Gasteiger charge is -2.29. The van der Waals surface area contributed by atoms with Crippen molar-refractivity contribution in [1.82, 2.24) is 0 Å². The Labute approximate surface area is 71.6 Å². The van der Waals surface area contributed by atoms with E-state index < -0.39 is 0 Å². The first-order chi connectivity index (χ1) is 5.79. The van der Waals surface area contributed by atoms with Gasteiger partial charge in [0, 0.05) is 24.7 Å². The van der Waals surface area contributed by atoms with Crippen LogP contribution < -0.4 is 0 Å². The van der Waals surface area contributed by atoms with Gasteiger partial charge in [-0.3, -0.25) is 9.59 Å². The van der Waals surface area contributed by atoms with E-state index in [1.54, 1.807) is 0 Å². The molecule has 0 unspecified atom stereocenters. The van der Waals surface area contributed by atoms with Gasteiger partial charge in [0.1, 0.15) is 11.6 Å². The molecule has 2 nitrogen and oxygen atoms in total. The van der Waals surface area contributed by atoms with Crippen molar-refractivity contribution in [1.29, 1.82) is 0 Å². The number of hydrogen-bond donors (Lipinski definition) is 0. The third-order valence-corrected chi connectivity index (χ3v) is 2.88. The average Bonchev–Trinajstić information content (AvgIpc) is 2.12. The summed E-state index contributed by atoms with van der Waals surface area (Å²) in [6.07, 6.45) is 6.58. The lowest BCUT2D eigenvalue weighted by atomic mass is 9.72. The zero-order valence-electron chi connectivity index (χ0n) is 6.95. The van der Waals surface area contributed by atoms with Gasteiger partial charge in [-0.05, 0) is 12.8 Å². The van der Waals surface area contributed by atoms with E-state index in [1.807, 2.05) is 12.2 Å². The van der Waals surface area contributed by atoms with E-state index in [1.165, 1.54) is 0 Å². The number of allylic oxidation sites excluding steroid dienone is 2. The van der Waals surface area contributed by atoms with Crippen LogP contribution in [0.25, 0.3) is 0 Å². The second kappa shape index (κ2) is 2.85. The number of hydrogen-bond acceptors (Lipinski definition) is 2. The summed E-state index contributed by atoms with van der Waals surface area (Å²) in [5.41, 5.74) is 0. The third kappa shape index (κ3) is 1.11. The van der Waals surface area contributed by atoms with E-state index in [0.29, 0.717) is 24.4 Å². The van der Waals surface area contributed by atoms with Crippen molar-refractivity contribution in [2.24, 2.45) is 11.8 Å². The molecule has 2 heteroatoms. The molecule has 64 valence electrons. The van der Waals surface area contributed by atoms with Gasteiger partial charge in [-0.25, -0.2) is 0 Å². The molecule has 2 aliphatic carbocycles. The highest BCUT2D eigenvalue weighted by atomic mass is 16.1. The van der Waals surface area contributed by atoms with Gasteiger partial charge in [0.2, 0.25) is 0 Å². The van der Waals surface area contributed by atoms with Crippen LogP contribution in [0.3, 0.4) is 0 Å². The maximum absolute atomic E-state index is 11.4. The fraction of sp³-hybridized carbons (Fsp3) is 0.600. The maximum atomic E-state index is 11.4. The van der Waals surface area contributed by atoms with Crippen molar-refractivity contribution in [2.45, 2.75) is 25.7 Å². The highest BCUT2D eigenvalue weighted by Crippen LogP contribution is 2.33. The molecule has 0 spiro atoms. The number of carbonyl (C=O) groups excluding carboxylic acids is 2. The quantitative estimate of drug-likeness (QED) is 0.508. The van der Waals surface area contributed by atoms with E-state index in [2.05, 4.69) is 0 Å².